The van der Waals surface area contributed by atoms with Crippen LogP contribution < -0.4 is 0 Å². The van der Waals surface area contributed by atoms with Gasteiger partial charge in [0.25, 0.3) is 0 Å². The van der Waals surface area contributed by atoms with Crippen molar-refractivity contribution < 1.29 is 22.5 Å². The van der Waals surface area contributed by atoms with Crippen LogP contribution in [0.1, 0.15) is 30.0 Å². The molecule has 1 amide bonds. The molecular weight excluding hydrogens is 465 g/mol. The predicted octanol–water partition coefficient (Wildman–Crippen LogP) is 4.68. The van der Waals surface area contributed by atoms with Gasteiger partial charge < -0.3 is 9.42 Å². The third-order valence-electron chi connectivity index (χ3n) is 6.34. The van der Waals surface area contributed by atoms with Crippen LogP contribution in [0.25, 0.3) is 11.4 Å². The van der Waals surface area contributed by atoms with E-state index in [2.05, 4.69) is 27.2 Å². The average Bonchev–Trinajstić information content (AvgIpc) is 3.50. The molecule has 34 heavy (non-hydrogen) atoms. The lowest BCUT2D eigenvalue weighted by Crippen LogP contribution is -2.51. The lowest BCUT2D eigenvalue weighted by atomic mass is 10.1. The molecule has 2 aromatic carbocycles. The van der Waals surface area contributed by atoms with Gasteiger partial charge in [0.1, 0.15) is 0 Å². The number of aromatic nitrogens is 2. The highest BCUT2D eigenvalue weighted by atomic mass is 32.2. The number of benzene rings is 2. The van der Waals surface area contributed by atoms with Crippen LogP contribution in [0.3, 0.4) is 0 Å². The number of piperazine rings is 1. The number of rotatable bonds is 4. The third-order valence-corrected chi connectivity index (χ3v) is 7.65. The first kappa shape index (κ1) is 22.9. The van der Waals surface area contributed by atoms with Gasteiger partial charge in [-0.1, -0.05) is 35.5 Å². The Labute approximate surface area is 199 Å². The molecule has 178 valence electrons. The second-order valence-corrected chi connectivity index (χ2v) is 9.73. The van der Waals surface area contributed by atoms with Gasteiger partial charge in [-0.15, -0.1) is 11.8 Å². The van der Waals surface area contributed by atoms with E-state index in [1.807, 2.05) is 24.0 Å². The second-order valence-electron chi connectivity index (χ2n) is 8.49. The van der Waals surface area contributed by atoms with Crippen LogP contribution in [-0.4, -0.2) is 57.3 Å². The van der Waals surface area contributed by atoms with Crippen LogP contribution in [-0.2, 0) is 17.4 Å². The van der Waals surface area contributed by atoms with Gasteiger partial charge in [0.05, 0.1) is 16.9 Å². The number of amides is 1. The first-order chi connectivity index (χ1) is 16.3. The van der Waals surface area contributed by atoms with Gasteiger partial charge in [-0.3, -0.25) is 9.69 Å². The fourth-order valence-corrected chi connectivity index (χ4v) is 5.65. The number of carbonyl (C=O) groups excluding carboxylic acids is 1. The molecule has 3 heterocycles. The summed E-state index contributed by atoms with van der Waals surface area (Å²) in [6.45, 7) is 4.43. The summed E-state index contributed by atoms with van der Waals surface area (Å²) in [5.41, 5.74) is 0.724. The van der Waals surface area contributed by atoms with Crippen molar-refractivity contribution in [1.82, 2.24) is 19.9 Å². The van der Waals surface area contributed by atoms with Crippen LogP contribution in [0.4, 0.5) is 13.2 Å². The maximum atomic E-state index is 13.0. The topological polar surface area (TPSA) is 62.5 Å². The molecule has 0 saturated carbocycles. The molecule has 0 aliphatic carbocycles. The summed E-state index contributed by atoms with van der Waals surface area (Å²) < 4.78 is 44.4. The number of halogens is 3. The van der Waals surface area contributed by atoms with Crippen LogP contribution in [0.5, 0.6) is 0 Å². The SMILES string of the molecule is CC(c1nc(-c2cccc(C(F)(F)F)c2)no1)N1CCN(C(=O)C2Cc3ccccc3S2)CC1. The summed E-state index contributed by atoms with van der Waals surface area (Å²) in [6, 6.07) is 12.8. The molecule has 1 aromatic heterocycles. The van der Waals surface area contributed by atoms with E-state index in [0.29, 0.717) is 32.1 Å². The number of alkyl halides is 3. The molecule has 2 aliphatic rings. The number of fused-ring (bicyclic) bond motifs is 1. The molecule has 2 unspecified atom stereocenters. The minimum absolute atomic E-state index is 0.0765. The summed E-state index contributed by atoms with van der Waals surface area (Å²) in [7, 11) is 0. The highest BCUT2D eigenvalue weighted by molar-refractivity contribution is 8.01. The first-order valence-corrected chi connectivity index (χ1v) is 12.0. The van der Waals surface area contributed by atoms with Crippen molar-refractivity contribution >= 4 is 17.7 Å². The molecule has 2 atom stereocenters. The largest absolute Gasteiger partial charge is 0.416 e. The Bertz CT molecular complexity index is 1170. The molecule has 1 fully saturated rings. The molecule has 0 bridgehead atoms. The number of thioether (sulfide) groups is 1. The molecule has 6 nitrogen and oxygen atoms in total. The van der Waals surface area contributed by atoms with Gasteiger partial charge in [-0.05, 0) is 37.1 Å². The normalized spacial score (nSPS) is 19.8. The first-order valence-electron chi connectivity index (χ1n) is 11.1. The number of nitrogens with zero attached hydrogens (tertiary/aromatic N) is 4. The minimum Gasteiger partial charge on any atom is -0.339 e. The van der Waals surface area contributed by atoms with E-state index >= 15 is 0 Å². The molecule has 3 aromatic rings. The Hall–Kier alpha value is -2.85. The lowest BCUT2D eigenvalue weighted by molar-refractivity contribution is -0.137. The van der Waals surface area contributed by atoms with Gasteiger partial charge in [-0.25, -0.2) is 0 Å². The molecule has 0 radical (unpaired) electrons. The van der Waals surface area contributed by atoms with Crippen molar-refractivity contribution in [2.24, 2.45) is 0 Å². The molecule has 5 rings (SSSR count). The Morgan fingerprint density at radius 3 is 2.62 bits per heavy atom. The van der Waals surface area contributed by atoms with Gasteiger partial charge in [-0.2, -0.15) is 18.2 Å². The fraction of sp³-hybridized carbons (Fsp3) is 0.375. The average molecular weight is 489 g/mol. The van der Waals surface area contributed by atoms with E-state index in [9.17, 15) is 18.0 Å². The highest BCUT2D eigenvalue weighted by Gasteiger charge is 2.34. The van der Waals surface area contributed by atoms with E-state index in [0.717, 1.165) is 18.6 Å². The van der Waals surface area contributed by atoms with Gasteiger partial charge in [0, 0.05) is 36.6 Å². The van der Waals surface area contributed by atoms with Crippen molar-refractivity contribution in [2.75, 3.05) is 26.2 Å². The molecule has 10 heteroatoms. The zero-order valence-electron chi connectivity index (χ0n) is 18.5. The lowest BCUT2D eigenvalue weighted by Gasteiger charge is -2.37. The summed E-state index contributed by atoms with van der Waals surface area (Å²) >= 11 is 1.64. The summed E-state index contributed by atoms with van der Waals surface area (Å²) in [6.07, 6.45) is -3.68. The van der Waals surface area contributed by atoms with Crippen LogP contribution in [0.15, 0.2) is 57.9 Å². The molecule has 0 spiro atoms. The number of hydrogen-bond acceptors (Lipinski definition) is 6. The Morgan fingerprint density at radius 2 is 1.88 bits per heavy atom. The maximum absolute atomic E-state index is 13.0. The number of hydrogen-bond donors (Lipinski definition) is 0. The smallest absolute Gasteiger partial charge is 0.339 e. The maximum Gasteiger partial charge on any atom is 0.416 e. The van der Waals surface area contributed by atoms with Crippen molar-refractivity contribution in [2.45, 2.75) is 35.7 Å². The molecule has 1 saturated heterocycles. The summed E-state index contributed by atoms with van der Waals surface area (Å²) in [5, 5.41) is 3.82. The molecule has 0 N–H and O–H groups in total. The Balaban J connectivity index is 1.20. The van der Waals surface area contributed by atoms with Crippen molar-refractivity contribution in [3.05, 3.63) is 65.5 Å². The van der Waals surface area contributed by atoms with E-state index in [-0.39, 0.29) is 28.6 Å². The van der Waals surface area contributed by atoms with Crippen molar-refractivity contribution in [3.63, 3.8) is 0 Å². The number of carbonyl (C=O) groups is 1. The standard InChI is InChI=1S/C24H23F3N4O2S/c1-15(22-28-21(29-33-22)17-6-4-7-18(13-17)24(25,26)27)30-9-11-31(12-10-30)23(32)20-14-16-5-2-3-8-19(16)34-20/h2-8,13,15,20H,9-12,14H2,1H3. The van der Waals surface area contributed by atoms with E-state index in [1.165, 1.54) is 22.6 Å². The summed E-state index contributed by atoms with van der Waals surface area (Å²) in [4.78, 5) is 22.6. The quantitative estimate of drug-likeness (QED) is 0.532. The monoisotopic (exact) mass is 488 g/mol. The van der Waals surface area contributed by atoms with E-state index < -0.39 is 11.7 Å². The van der Waals surface area contributed by atoms with Gasteiger partial charge in [0.2, 0.25) is 17.6 Å². The zero-order chi connectivity index (χ0) is 23.9. The molecular formula is C24H23F3N4O2S. The Kier molecular flexibility index (Phi) is 6.11. The van der Waals surface area contributed by atoms with Crippen LogP contribution in [0.2, 0.25) is 0 Å². The van der Waals surface area contributed by atoms with Crippen molar-refractivity contribution in [1.29, 1.82) is 0 Å². The van der Waals surface area contributed by atoms with E-state index in [1.54, 1.807) is 11.8 Å². The molecule has 2 aliphatic heterocycles. The van der Waals surface area contributed by atoms with Crippen LogP contribution in [0, 0.1) is 0 Å². The summed E-state index contributed by atoms with van der Waals surface area (Å²) in [5.74, 6) is 0.631. The minimum atomic E-state index is -4.44. The highest BCUT2D eigenvalue weighted by Crippen LogP contribution is 2.38. The fourth-order valence-electron chi connectivity index (χ4n) is 4.37. The van der Waals surface area contributed by atoms with Crippen molar-refractivity contribution in [3.8, 4) is 11.4 Å². The van der Waals surface area contributed by atoms with Crippen LogP contribution >= 0.6 is 11.8 Å². The van der Waals surface area contributed by atoms with E-state index in [4.69, 9.17) is 4.52 Å². The van der Waals surface area contributed by atoms with Gasteiger partial charge in [0.15, 0.2) is 0 Å². The third kappa shape index (κ3) is 4.56. The zero-order valence-corrected chi connectivity index (χ0v) is 19.3. The van der Waals surface area contributed by atoms with Gasteiger partial charge >= 0.3 is 6.18 Å². The Morgan fingerprint density at radius 1 is 1.12 bits per heavy atom. The predicted molar refractivity (Wildman–Crippen MR) is 121 cm³/mol. The second kappa shape index (κ2) is 9.07.